The number of carbonyl (C=O) groups is 1. The SMILES string of the molecule is C=Cc1ccc(CN=Nc2cccc(C(=O)O)c2)cc1. The quantitative estimate of drug-likeness (QED) is 0.819. The lowest BCUT2D eigenvalue weighted by molar-refractivity contribution is 0.0697. The van der Waals surface area contributed by atoms with Gasteiger partial charge >= 0.3 is 5.97 Å². The molecule has 100 valence electrons. The second-order valence-corrected chi connectivity index (χ2v) is 4.20. The van der Waals surface area contributed by atoms with Crippen LogP contribution in [0, 0.1) is 0 Å². The van der Waals surface area contributed by atoms with E-state index in [0.717, 1.165) is 11.1 Å². The van der Waals surface area contributed by atoms with Crippen molar-refractivity contribution in [3.63, 3.8) is 0 Å². The van der Waals surface area contributed by atoms with Crippen LogP contribution in [0.1, 0.15) is 21.5 Å². The zero-order valence-corrected chi connectivity index (χ0v) is 10.9. The first kappa shape index (κ1) is 13.7. The highest BCUT2D eigenvalue weighted by atomic mass is 16.4. The molecule has 0 aliphatic carbocycles. The summed E-state index contributed by atoms with van der Waals surface area (Å²) >= 11 is 0. The van der Waals surface area contributed by atoms with E-state index in [1.807, 2.05) is 24.3 Å². The Morgan fingerprint density at radius 1 is 1.20 bits per heavy atom. The van der Waals surface area contributed by atoms with Gasteiger partial charge < -0.3 is 5.11 Å². The van der Waals surface area contributed by atoms with Gasteiger partial charge in [-0.2, -0.15) is 10.2 Å². The second kappa shape index (κ2) is 6.43. The van der Waals surface area contributed by atoms with Crippen LogP contribution in [-0.4, -0.2) is 11.1 Å². The number of azo groups is 1. The van der Waals surface area contributed by atoms with E-state index in [-0.39, 0.29) is 5.56 Å². The largest absolute Gasteiger partial charge is 0.478 e. The molecular weight excluding hydrogens is 252 g/mol. The fraction of sp³-hybridized carbons (Fsp3) is 0.0625. The number of benzene rings is 2. The minimum absolute atomic E-state index is 0.205. The van der Waals surface area contributed by atoms with Gasteiger partial charge in [-0.3, -0.25) is 0 Å². The van der Waals surface area contributed by atoms with Crippen molar-refractivity contribution in [2.45, 2.75) is 6.54 Å². The van der Waals surface area contributed by atoms with E-state index in [0.29, 0.717) is 12.2 Å². The Labute approximate surface area is 117 Å². The monoisotopic (exact) mass is 266 g/mol. The first-order chi connectivity index (χ1) is 9.69. The van der Waals surface area contributed by atoms with Gasteiger partial charge in [0.2, 0.25) is 0 Å². The lowest BCUT2D eigenvalue weighted by Gasteiger charge is -1.98. The van der Waals surface area contributed by atoms with Crippen molar-refractivity contribution in [2.75, 3.05) is 0 Å². The van der Waals surface area contributed by atoms with E-state index in [1.165, 1.54) is 12.1 Å². The lowest BCUT2D eigenvalue weighted by atomic mass is 10.1. The summed E-state index contributed by atoms with van der Waals surface area (Å²) in [6, 6.07) is 14.2. The van der Waals surface area contributed by atoms with Crippen LogP contribution in [0.2, 0.25) is 0 Å². The molecule has 4 nitrogen and oxygen atoms in total. The highest BCUT2D eigenvalue weighted by Gasteiger charge is 2.02. The van der Waals surface area contributed by atoms with Crippen LogP contribution >= 0.6 is 0 Å². The Morgan fingerprint density at radius 2 is 1.95 bits per heavy atom. The topological polar surface area (TPSA) is 62.0 Å². The standard InChI is InChI=1S/C16H14N2O2/c1-2-12-6-8-13(9-7-12)11-17-18-15-5-3-4-14(10-15)16(19)20/h2-10H,1,11H2,(H,19,20). The molecule has 0 unspecified atom stereocenters. The van der Waals surface area contributed by atoms with E-state index in [1.54, 1.807) is 18.2 Å². The van der Waals surface area contributed by atoms with E-state index in [9.17, 15) is 4.79 Å². The Morgan fingerprint density at radius 3 is 2.60 bits per heavy atom. The molecule has 0 amide bonds. The van der Waals surface area contributed by atoms with Gasteiger partial charge in [0.15, 0.2) is 0 Å². The Bertz CT molecular complexity index is 646. The first-order valence-electron chi connectivity index (χ1n) is 6.11. The predicted molar refractivity (Wildman–Crippen MR) is 78.2 cm³/mol. The summed E-state index contributed by atoms with van der Waals surface area (Å²) in [5.74, 6) is -0.970. The molecule has 2 rings (SSSR count). The van der Waals surface area contributed by atoms with Crippen LogP contribution in [0.3, 0.4) is 0 Å². The highest BCUT2D eigenvalue weighted by molar-refractivity contribution is 5.88. The highest BCUT2D eigenvalue weighted by Crippen LogP contribution is 2.15. The van der Waals surface area contributed by atoms with Gasteiger partial charge in [0.25, 0.3) is 0 Å². The van der Waals surface area contributed by atoms with Crippen molar-refractivity contribution >= 4 is 17.7 Å². The molecule has 0 radical (unpaired) electrons. The van der Waals surface area contributed by atoms with Crippen LogP contribution in [-0.2, 0) is 6.54 Å². The van der Waals surface area contributed by atoms with E-state index >= 15 is 0 Å². The number of carboxylic acid groups (broad SMARTS) is 1. The number of carboxylic acids is 1. The minimum Gasteiger partial charge on any atom is -0.478 e. The Kier molecular flexibility index (Phi) is 4.39. The summed E-state index contributed by atoms with van der Waals surface area (Å²) in [6.45, 7) is 4.15. The normalized spacial score (nSPS) is 10.6. The molecule has 0 saturated heterocycles. The van der Waals surface area contributed by atoms with Crippen LogP contribution in [0.4, 0.5) is 5.69 Å². The molecule has 0 bridgehead atoms. The van der Waals surface area contributed by atoms with Crippen molar-refractivity contribution < 1.29 is 9.90 Å². The molecule has 0 fully saturated rings. The van der Waals surface area contributed by atoms with E-state index in [2.05, 4.69) is 16.8 Å². The van der Waals surface area contributed by atoms with E-state index in [4.69, 9.17) is 5.11 Å². The van der Waals surface area contributed by atoms with Gasteiger partial charge in [-0.1, -0.05) is 43.0 Å². The molecule has 0 aliphatic heterocycles. The van der Waals surface area contributed by atoms with Crippen molar-refractivity contribution in [1.82, 2.24) is 0 Å². The smallest absolute Gasteiger partial charge is 0.335 e. The summed E-state index contributed by atoms with van der Waals surface area (Å²) in [5.41, 5.74) is 2.83. The number of hydrogen-bond acceptors (Lipinski definition) is 3. The summed E-state index contributed by atoms with van der Waals surface area (Å²) < 4.78 is 0. The Balaban J connectivity index is 2.03. The molecule has 0 aliphatic rings. The van der Waals surface area contributed by atoms with Crippen LogP contribution < -0.4 is 0 Å². The third kappa shape index (κ3) is 3.62. The average Bonchev–Trinajstić information content (AvgIpc) is 2.48. The second-order valence-electron chi connectivity index (χ2n) is 4.20. The number of aromatic carboxylic acids is 1. The number of rotatable bonds is 5. The van der Waals surface area contributed by atoms with Gasteiger partial charge in [-0.25, -0.2) is 4.79 Å². The van der Waals surface area contributed by atoms with Crippen molar-refractivity contribution in [2.24, 2.45) is 10.2 Å². The maximum absolute atomic E-state index is 10.8. The van der Waals surface area contributed by atoms with E-state index < -0.39 is 5.97 Å². The Hall–Kier alpha value is -2.75. The number of hydrogen-bond donors (Lipinski definition) is 1. The summed E-state index contributed by atoms with van der Waals surface area (Å²) in [4.78, 5) is 10.8. The molecule has 1 N–H and O–H groups in total. The maximum Gasteiger partial charge on any atom is 0.335 e. The van der Waals surface area contributed by atoms with Crippen molar-refractivity contribution in [3.05, 3.63) is 71.8 Å². The third-order valence-corrected chi connectivity index (χ3v) is 2.75. The molecular formula is C16H14N2O2. The van der Waals surface area contributed by atoms with Gasteiger partial charge in [0, 0.05) is 0 Å². The molecule has 0 atom stereocenters. The third-order valence-electron chi connectivity index (χ3n) is 2.75. The fourth-order valence-corrected chi connectivity index (χ4v) is 1.66. The molecule has 2 aromatic carbocycles. The molecule has 0 aromatic heterocycles. The lowest BCUT2D eigenvalue weighted by Crippen LogP contribution is -1.94. The maximum atomic E-state index is 10.8. The first-order valence-corrected chi connectivity index (χ1v) is 6.11. The van der Waals surface area contributed by atoms with Gasteiger partial charge in [0.05, 0.1) is 17.8 Å². The van der Waals surface area contributed by atoms with Crippen molar-refractivity contribution in [3.8, 4) is 0 Å². The van der Waals surface area contributed by atoms with Crippen LogP contribution in [0.5, 0.6) is 0 Å². The summed E-state index contributed by atoms with van der Waals surface area (Å²) in [6.07, 6.45) is 1.78. The molecule has 0 heterocycles. The number of nitrogens with zero attached hydrogens (tertiary/aromatic N) is 2. The van der Waals surface area contributed by atoms with Crippen molar-refractivity contribution in [1.29, 1.82) is 0 Å². The average molecular weight is 266 g/mol. The van der Waals surface area contributed by atoms with Crippen LogP contribution in [0.15, 0.2) is 65.3 Å². The summed E-state index contributed by atoms with van der Waals surface area (Å²) in [5, 5.41) is 17.0. The van der Waals surface area contributed by atoms with Gasteiger partial charge in [-0.15, -0.1) is 0 Å². The summed E-state index contributed by atoms with van der Waals surface area (Å²) in [7, 11) is 0. The predicted octanol–water partition coefficient (Wildman–Crippen LogP) is 4.31. The fourth-order valence-electron chi connectivity index (χ4n) is 1.66. The molecule has 0 saturated carbocycles. The van der Waals surface area contributed by atoms with Gasteiger partial charge in [0.1, 0.15) is 0 Å². The molecule has 2 aromatic rings. The molecule has 4 heteroatoms. The molecule has 0 spiro atoms. The molecule has 20 heavy (non-hydrogen) atoms. The minimum atomic E-state index is -0.970. The zero-order chi connectivity index (χ0) is 14.4. The van der Waals surface area contributed by atoms with Crippen LogP contribution in [0.25, 0.3) is 6.08 Å². The van der Waals surface area contributed by atoms with Gasteiger partial charge in [-0.05, 0) is 29.3 Å². The zero-order valence-electron chi connectivity index (χ0n) is 10.9.